The Balaban J connectivity index is 2.08. The van der Waals surface area contributed by atoms with E-state index in [2.05, 4.69) is 17.2 Å². The molecule has 0 aromatic heterocycles. The summed E-state index contributed by atoms with van der Waals surface area (Å²) in [6.07, 6.45) is 1.07. The van der Waals surface area contributed by atoms with Crippen molar-refractivity contribution in [3.63, 3.8) is 0 Å². The highest BCUT2D eigenvalue weighted by molar-refractivity contribution is 8.15. The number of anilines is 1. The molecule has 0 saturated heterocycles. The number of nitrogens with zero attached hydrogens (tertiary/aromatic N) is 1. The lowest BCUT2D eigenvalue weighted by molar-refractivity contribution is 0.414. The monoisotopic (exact) mass is 254 g/mol. The van der Waals surface area contributed by atoms with Gasteiger partial charge in [0.1, 0.15) is 11.6 Å². The number of benzene rings is 1. The van der Waals surface area contributed by atoms with Crippen molar-refractivity contribution in [1.82, 2.24) is 0 Å². The second kappa shape index (κ2) is 5.40. The molecule has 0 saturated carbocycles. The van der Waals surface area contributed by atoms with Gasteiger partial charge in [0, 0.05) is 11.3 Å². The lowest BCUT2D eigenvalue weighted by Crippen LogP contribution is -2.08. The van der Waals surface area contributed by atoms with Crippen LogP contribution in [0.1, 0.15) is 13.3 Å². The van der Waals surface area contributed by atoms with Crippen LogP contribution in [0.3, 0.4) is 0 Å². The first-order chi connectivity index (χ1) is 8.22. The fraction of sp³-hybridized carbons (Fsp3) is 0.417. The number of methoxy groups -OCH3 is 1. The Kier molecular flexibility index (Phi) is 3.89. The predicted octanol–water partition coefficient (Wildman–Crippen LogP) is 3.13. The van der Waals surface area contributed by atoms with Crippen LogP contribution in [-0.4, -0.2) is 24.1 Å². The van der Waals surface area contributed by atoms with E-state index in [1.165, 1.54) is 6.07 Å². The molecule has 17 heavy (non-hydrogen) atoms. The second-order valence-corrected chi connectivity index (χ2v) is 5.05. The zero-order valence-electron chi connectivity index (χ0n) is 9.87. The van der Waals surface area contributed by atoms with Crippen molar-refractivity contribution in [1.29, 1.82) is 0 Å². The van der Waals surface area contributed by atoms with Crippen molar-refractivity contribution in [2.75, 3.05) is 19.0 Å². The maximum absolute atomic E-state index is 13.6. The molecule has 1 heterocycles. The molecule has 0 amide bonds. The molecule has 0 aliphatic carbocycles. The van der Waals surface area contributed by atoms with Gasteiger partial charge in [0.15, 0.2) is 5.17 Å². The topological polar surface area (TPSA) is 33.6 Å². The minimum Gasteiger partial charge on any atom is -0.497 e. The van der Waals surface area contributed by atoms with E-state index in [9.17, 15) is 4.39 Å². The van der Waals surface area contributed by atoms with E-state index in [-0.39, 0.29) is 5.82 Å². The van der Waals surface area contributed by atoms with E-state index in [0.717, 1.165) is 18.1 Å². The summed E-state index contributed by atoms with van der Waals surface area (Å²) in [5.41, 5.74) is 0.410. The zero-order chi connectivity index (χ0) is 12.3. The van der Waals surface area contributed by atoms with Crippen LogP contribution in [0.2, 0.25) is 0 Å². The Labute approximate surface area is 104 Å². The van der Waals surface area contributed by atoms with Gasteiger partial charge in [-0.3, -0.25) is 4.99 Å². The van der Waals surface area contributed by atoms with E-state index in [1.54, 1.807) is 31.0 Å². The average molecular weight is 254 g/mol. The lowest BCUT2D eigenvalue weighted by Gasteiger charge is -2.09. The number of rotatable bonds is 3. The van der Waals surface area contributed by atoms with Crippen molar-refractivity contribution in [3.05, 3.63) is 24.0 Å². The molecule has 0 radical (unpaired) electrons. The number of ether oxygens (including phenoxy) is 1. The largest absolute Gasteiger partial charge is 0.497 e. The molecule has 0 fully saturated rings. The molecule has 1 aliphatic heterocycles. The summed E-state index contributed by atoms with van der Waals surface area (Å²) < 4.78 is 18.6. The molecule has 1 aliphatic rings. The van der Waals surface area contributed by atoms with Crippen LogP contribution in [-0.2, 0) is 0 Å². The van der Waals surface area contributed by atoms with E-state index in [0.29, 0.717) is 16.7 Å². The van der Waals surface area contributed by atoms with Gasteiger partial charge in [-0.2, -0.15) is 0 Å². The van der Waals surface area contributed by atoms with Gasteiger partial charge in [-0.05, 0) is 18.6 Å². The molecular formula is C12H15FN2OS. The van der Waals surface area contributed by atoms with Crippen LogP contribution < -0.4 is 10.1 Å². The third-order valence-corrected chi connectivity index (χ3v) is 3.86. The molecular weight excluding hydrogens is 239 g/mol. The van der Waals surface area contributed by atoms with Crippen LogP contribution in [0.4, 0.5) is 10.1 Å². The standard InChI is InChI=1S/C12H15FN2OS/c1-3-9-7-14-12(17-9)15-11-6-8(16-2)4-5-10(11)13/h4-6,9H,3,7H2,1-2H3,(H,14,15). The summed E-state index contributed by atoms with van der Waals surface area (Å²) in [6.45, 7) is 2.93. The Morgan fingerprint density at radius 3 is 3.06 bits per heavy atom. The summed E-state index contributed by atoms with van der Waals surface area (Å²) in [6, 6.07) is 4.62. The Hall–Kier alpha value is -1.23. The molecule has 0 spiro atoms. The van der Waals surface area contributed by atoms with E-state index < -0.39 is 0 Å². The highest BCUT2D eigenvalue weighted by atomic mass is 32.2. The molecule has 1 unspecified atom stereocenters. The van der Waals surface area contributed by atoms with Crippen LogP contribution >= 0.6 is 11.8 Å². The van der Waals surface area contributed by atoms with Gasteiger partial charge in [0.2, 0.25) is 0 Å². The van der Waals surface area contributed by atoms with Gasteiger partial charge >= 0.3 is 0 Å². The Morgan fingerprint density at radius 2 is 2.41 bits per heavy atom. The highest BCUT2D eigenvalue weighted by Gasteiger charge is 2.18. The maximum atomic E-state index is 13.6. The molecule has 92 valence electrons. The first kappa shape index (κ1) is 12.2. The third kappa shape index (κ3) is 2.91. The third-order valence-electron chi connectivity index (χ3n) is 2.59. The Bertz CT molecular complexity index is 437. The van der Waals surface area contributed by atoms with Crippen LogP contribution in [0.15, 0.2) is 23.2 Å². The van der Waals surface area contributed by atoms with Crippen molar-refractivity contribution < 1.29 is 9.13 Å². The predicted molar refractivity (Wildman–Crippen MR) is 70.5 cm³/mol. The summed E-state index contributed by atoms with van der Waals surface area (Å²) in [5, 5.41) is 4.29. The lowest BCUT2D eigenvalue weighted by atomic mass is 10.3. The van der Waals surface area contributed by atoms with Gasteiger partial charge in [-0.15, -0.1) is 0 Å². The summed E-state index contributed by atoms with van der Waals surface area (Å²) >= 11 is 1.66. The number of amidine groups is 1. The second-order valence-electron chi connectivity index (χ2n) is 3.76. The zero-order valence-corrected chi connectivity index (χ0v) is 10.7. The van der Waals surface area contributed by atoms with Crippen molar-refractivity contribution in [2.24, 2.45) is 4.99 Å². The van der Waals surface area contributed by atoms with Crippen LogP contribution in [0.25, 0.3) is 0 Å². The van der Waals surface area contributed by atoms with E-state index >= 15 is 0 Å². The highest BCUT2D eigenvalue weighted by Crippen LogP contribution is 2.27. The quantitative estimate of drug-likeness (QED) is 0.899. The first-order valence-electron chi connectivity index (χ1n) is 5.54. The molecule has 1 aromatic carbocycles. The molecule has 1 atom stereocenters. The summed E-state index contributed by atoms with van der Waals surface area (Å²) in [5.74, 6) is 0.332. The van der Waals surface area contributed by atoms with Crippen molar-refractivity contribution in [2.45, 2.75) is 18.6 Å². The maximum Gasteiger partial charge on any atom is 0.161 e. The molecule has 1 N–H and O–H groups in total. The van der Waals surface area contributed by atoms with Crippen LogP contribution in [0.5, 0.6) is 5.75 Å². The molecule has 2 rings (SSSR count). The smallest absolute Gasteiger partial charge is 0.161 e. The fourth-order valence-corrected chi connectivity index (χ4v) is 2.49. The SMILES string of the molecule is CCC1CN=C(Nc2cc(OC)ccc2F)S1. The minimum absolute atomic E-state index is 0.297. The van der Waals surface area contributed by atoms with Gasteiger partial charge < -0.3 is 10.1 Å². The van der Waals surface area contributed by atoms with Gasteiger partial charge in [0.05, 0.1) is 19.3 Å². The van der Waals surface area contributed by atoms with Gasteiger partial charge in [-0.25, -0.2) is 4.39 Å². The van der Waals surface area contributed by atoms with Gasteiger partial charge in [0.25, 0.3) is 0 Å². The van der Waals surface area contributed by atoms with Crippen molar-refractivity contribution >= 4 is 22.6 Å². The number of halogens is 1. The number of hydrogen-bond donors (Lipinski definition) is 1. The summed E-state index contributed by atoms with van der Waals surface area (Å²) in [4.78, 5) is 4.34. The number of aliphatic imine (C=N–C) groups is 1. The molecule has 0 bridgehead atoms. The first-order valence-corrected chi connectivity index (χ1v) is 6.42. The van der Waals surface area contributed by atoms with E-state index in [4.69, 9.17) is 4.74 Å². The number of nitrogens with one attached hydrogen (secondary N) is 1. The fourth-order valence-electron chi connectivity index (χ4n) is 1.54. The average Bonchev–Trinajstić information content (AvgIpc) is 2.80. The number of thioether (sulfide) groups is 1. The molecule has 3 nitrogen and oxygen atoms in total. The van der Waals surface area contributed by atoms with Gasteiger partial charge in [-0.1, -0.05) is 18.7 Å². The molecule has 1 aromatic rings. The normalized spacial score (nSPS) is 19.0. The van der Waals surface area contributed by atoms with Crippen molar-refractivity contribution in [3.8, 4) is 5.75 Å². The Morgan fingerprint density at radius 1 is 1.59 bits per heavy atom. The van der Waals surface area contributed by atoms with Crippen LogP contribution in [0, 0.1) is 5.82 Å². The minimum atomic E-state index is -0.297. The molecule has 5 heteroatoms. The number of hydrogen-bond acceptors (Lipinski definition) is 4. The van der Waals surface area contributed by atoms with E-state index in [1.807, 2.05) is 0 Å². The summed E-state index contributed by atoms with van der Waals surface area (Å²) in [7, 11) is 1.56.